The summed E-state index contributed by atoms with van der Waals surface area (Å²) in [6.07, 6.45) is 5.00. The van der Waals surface area contributed by atoms with Crippen LogP contribution in [-0.2, 0) is 6.54 Å². The first kappa shape index (κ1) is 14.9. The Kier molecular flexibility index (Phi) is 5.79. The summed E-state index contributed by atoms with van der Waals surface area (Å²) in [5, 5.41) is 3.22. The van der Waals surface area contributed by atoms with Crippen LogP contribution in [0.4, 0.5) is 4.39 Å². The molecule has 1 N–H and O–H groups in total. The van der Waals surface area contributed by atoms with E-state index in [9.17, 15) is 4.39 Å². The van der Waals surface area contributed by atoms with Crippen LogP contribution in [0, 0.1) is 5.82 Å². The van der Waals surface area contributed by atoms with Crippen molar-refractivity contribution in [3.05, 3.63) is 34.1 Å². The fourth-order valence-corrected chi connectivity index (χ4v) is 3.16. The molecule has 19 heavy (non-hydrogen) atoms. The van der Waals surface area contributed by atoms with Crippen LogP contribution in [0.1, 0.15) is 31.2 Å². The average molecular weight is 329 g/mol. The highest BCUT2D eigenvalue weighted by molar-refractivity contribution is 9.10. The number of halogens is 2. The summed E-state index contributed by atoms with van der Waals surface area (Å²) in [5.41, 5.74) is 1.05. The Morgan fingerprint density at radius 3 is 3.05 bits per heavy atom. The lowest BCUT2D eigenvalue weighted by Crippen LogP contribution is -2.40. The largest absolute Gasteiger partial charge is 0.320 e. The number of nitrogens with zero attached hydrogens (tertiary/aromatic N) is 1. The van der Waals surface area contributed by atoms with Crippen molar-refractivity contribution < 1.29 is 4.39 Å². The van der Waals surface area contributed by atoms with Crippen molar-refractivity contribution in [1.82, 2.24) is 10.2 Å². The first-order valence-corrected chi connectivity index (χ1v) is 7.82. The second kappa shape index (κ2) is 7.36. The van der Waals surface area contributed by atoms with E-state index in [1.54, 1.807) is 12.1 Å². The summed E-state index contributed by atoms with van der Waals surface area (Å²) in [4.78, 5) is 2.50. The van der Waals surface area contributed by atoms with Crippen molar-refractivity contribution in [2.45, 2.75) is 38.3 Å². The molecule has 1 fully saturated rings. The quantitative estimate of drug-likeness (QED) is 0.889. The van der Waals surface area contributed by atoms with Crippen LogP contribution in [0.15, 0.2) is 22.7 Å². The van der Waals surface area contributed by atoms with Crippen LogP contribution in [0.25, 0.3) is 0 Å². The van der Waals surface area contributed by atoms with E-state index in [0.29, 0.717) is 6.04 Å². The second-order valence-electron chi connectivity index (χ2n) is 5.25. The predicted molar refractivity (Wildman–Crippen MR) is 80.7 cm³/mol. The zero-order valence-electron chi connectivity index (χ0n) is 11.5. The fraction of sp³-hybridized carbons (Fsp3) is 0.600. The Labute approximate surface area is 123 Å². The van der Waals surface area contributed by atoms with Crippen LogP contribution in [-0.4, -0.2) is 31.1 Å². The molecule has 0 aromatic heterocycles. The molecular formula is C15H22BrFN2. The summed E-state index contributed by atoms with van der Waals surface area (Å²) in [6, 6.07) is 5.57. The van der Waals surface area contributed by atoms with Crippen LogP contribution >= 0.6 is 15.9 Å². The molecule has 0 bridgehead atoms. The van der Waals surface area contributed by atoms with E-state index in [1.807, 2.05) is 7.05 Å². The van der Waals surface area contributed by atoms with Crippen molar-refractivity contribution in [3.8, 4) is 0 Å². The number of hydrogen-bond acceptors (Lipinski definition) is 2. The van der Waals surface area contributed by atoms with E-state index < -0.39 is 0 Å². The van der Waals surface area contributed by atoms with E-state index in [4.69, 9.17) is 0 Å². The Bertz CT molecular complexity index is 411. The topological polar surface area (TPSA) is 15.3 Å². The molecule has 0 radical (unpaired) electrons. The Morgan fingerprint density at radius 1 is 1.42 bits per heavy atom. The average Bonchev–Trinajstić information content (AvgIpc) is 2.42. The lowest BCUT2D eigenvalue weighted by atomic mass is 9.98. The van der Waals surface area contributed by atoms with Crippen LogP contribution in [0.3, 0.4) is 0 Å². The van der Waals surface area contributed by atoms with E-state index in [0.717, 1.165) is 29.7 Å². The predicted octanol–water partition coefficient (Wildman–Crippen LogP) is 3.55. The van der Waals surface area contributed by atoms with Crippen LogP contribution < -0.4 is 5.32 Å². The minimum Gasteiger partial charge on any atom is -0.320 e. The molecule has 0 aliphatic carbocycles. The Balaban J connectivity index is 2.04. The summed E-state index contributed by atoms with van der Waals surface area (Å²) in [5.74, 6) is -0.151. The van der Waals surface area contributed by atoms with Gasteiger partial charge in [-0.3, -0.25) is 4.90 Å². The van der Waals surface area contributed by atoms with Gasteiger partial charge in [0.1, 0.15) is 5.82 Å². The van der Waals surface area contributed by atoms with Crippen molar-refractivity contribution in [2.24, 2.45) is 0 Å². The van der Waals surface area contributed by atoms with Gasteiger partial charge in [-0.15, -0.1) is 0 Å². The number of rotatable bonds is 5. The van der Waals surface area contributed by atoms with Gasteiger partial charge >= 0.3 is 0 Å². The molecule has 2 nitrogen and oxygen atoms in total. The summed E-state index contributed by atoms with van der Waals surface area (Å²) < 4.78 is 14.4. The van der Waals surface area contributed by atoms with Gasteiger partial charge in [0, 0.05) is 17.1 Å². The third kappa shape index (κ3) is 4.26. The highest BCUT2D eigenvalue weighted by Gasteiger charge is 2.22. The van der Waals surface area contributed by atoms with E-state index >= 15 is 0 Å². The molecule has 1 aromatic carbocycles. The number of benzene rings is 1. The smallest absolute Gasteiger partial charge is 0.123 e. The van der Waals surface area contributed by atoms with E-state index in [-0.39, 0.29) is 5.82 Å². The lowest BCUT2D eigenvalue weighted by molar-refractivity contribution is 0.132. The van der Waals surface area contributed by atoms with Crippen LogP contribution in [0.5, 0.6) is 0 Å². The standard InChI is InChI=1S/C15H22BrFN2/c1-18-8-7-14-4-2-3-9-19(14)11-12-10-13(17)5-6-15(12)16/h5-6,10,14,18H,2-4,7-9,11H2,1H3. The van der Waals surface area contributed by atoms with Gasteiger partial charge < -0.3 is 5.32 Å². The molecule has 0 spiro atoms. The molecule has 106 valence electrons. The lowest BCUT2D eigenvalue weighted by Gasteiger charge is -2.36. The molecular weight excluding hydrogens is 307 g/mol. The third-order valence-electron chi connectivity index (χ3n) is 3.86. The van der Waals surface area contributed by atoms with Gasteiger partial charge in [-0.2, -0.15) is 0 Å². The van der Waals surface area contributed by atoms with Crippen molar-refractivity contribution in [3.63, 3.8) is 0 Å². The molecule has 1 aliphatic rings. The van der Waals surface area contributed by atoms with E-state index in [2.05, 4.69) is 26.1 Å². The summed E-state index contributed by atoms with van der Waals surface area (Å²) >= 11 is 3.52. The van der Waals surface area contributed by atoms with Crippen LogP contribution in [0.2, 0.25) is 0 Å². The zero-order chi connectivity index (χ0) is 13.7. The van der Waals surface area contributed by atoms with E-state index in [1.165, 1.54) is 31.7 Å². The third-order valence-corrected chi connectivity index (χ3v) is 4.63. The maximum absolute atomic E-state index is 13.4. The SMILES string of the molecule is CNCCC1CCCCN1Cc1cc(F)ccc1Br. The Hall–Kier alpha value is -0.450. The summed E-state index contributed by atoms with van der Waals surface area (Å²) in [7, 11) is 2.00. The van der Waals surface area contributed by atoms with Gasteiger partial charge in [-0.1, -0.05) is 22.4 Å². The molecule has 4 heteroatoms. The number of piperidine rings is 1. The highest BCUT2D eigenvalue weighted by atomic mass is 79.9. The summed E-state index contributed by atoms with van der Waals surface area (Å²) in [6.45, 7) is 3.01. The molecule has 1 saturated heterocycles. The molecule has 1 aromatic rings. The molecule has 2 rings (SSSR count). The first-order valence-electron chi connectivity index (χ1n) is 7.03. The van der Waals surface area contributed by atoms with Crippen molar-refractivity contribution in [2.75, 3.05) is 20.1 Å². The van der Waals surface area contributed by atoms with Crippen molar-refractivity contribution in [1.29, 1.82) is 0 Å². The van der Waals surface area contributed by atoms with Crippen molar-refractivity contribution >= 4 is 15.9 Å². The molecule has 1 aliphatic heterocycles. The maximum atomic E-state index is 13.4. The maximum Gasteiger partial charge on any atom is 0.123 e. The van der Waals surface area contributed by atoms with Gasteiger partial charge in [0.2, 0.25) is 0 Å². The molecule has 1 heterocycles. The molecule has 1 unspecified atom stereocenters. The van der Waals surface area contributed by atoms with Gasteiger partial charge in [0.25, 0.3) is 0 Å². The number of likely N-dealkylation sites (tertiary alicyclic amines) is 1. The zero-order valence-corrected chi connectivity index (χ0v) is 13.0. The fourth-order valence-electron chi connectivity index (χ4n) is 2.79. The minimum atomic E-state index is -0.151. The van der Waals surface area contributed by atoms with Gasteiger partial charge in [0.05, 0.1) is 0 Å². The first-order chi connectivity index (χ1) is 9.20. The minimum absolute atomic E-state index is 0.151. The number of hydrogen-bond donors (Lipinski definition) is 1. The molecule has 0 amide bonds. The number of nitrogens with one attached hydrogen (secondary N) is 1. The van der Waals surface area contributed by atoms with Gasteiger partial charge in [-0.05, 0) is 63.2 Å². The second-order valence-corrected chi connectivity index (χ2v) is 6.10. The van der Waals surface area contributed by atoms with Gasteiger partial charge in [-0.25, -0.2) is 4.39 Å². The Morgan fingerprint density at radius 2 is 2.26 bits per heavy atom. The molecule has 1 atom stereocenters. The monoisotopic (exact) mass is 328 g/mol. The normalized spacial score (nSPS) is 20.7. The van der Waals surface area contributed by atoms with Gasteiger partial charge in [0.15, 0.2) is 0 Å². The molecule has 0 saturated carbocycles. The highest BCUT2D eigenvalue weighted by Crippen LogP contribution is 2.25.